The van der Waals surface area contributed by atoms with Gasteiger partial charge in [0.2, 0.25) is 0 Å². The zero-order valence-corrected chi connectivity index (χ0v) is 23.1. The third kappa shape index (κ3) is 5.14. The molecule has 2 aliphatic heterocycles. The molecule has 2 aliphatic rings. The maximum absolute atomic E-state index is 15.0. The standard InChI is InChI=1S/C29H31FN6O4/c1-17-12-29(5,39)16-34(14-17)23-9-10-36(33-23)22-11-20(24-18(13-31)7-6-8-19(24)30)32-21-15-35(26(37)25(21)22)27(38)40-28(2,3)4/h6-11,17,39H,12,14-16H2,1-5H3/t17?,29-/m0/s1. The molecule has 2 aromatic heterocycles. The summed E-state index contributed by atoms with van der Waals surface area (Å²) in [7, 11) is 0. The first-order chi connectivity index (χ1) is 18.8. The lowest BCUT2D eigenvalue weighted by atomic mass is 9.88. The van der Waals surface area contributed by atoms with E-state index in [1.54, 1.807) is 40.0 Å². The number of β-amino-alcohol motifs (C(OH)–C–C–N with tert-alkyl or cyclic N) is 1. The maximum Gasteiger partial charge on any atom is 0.417 e. The highest BCUT2D eigenvalue weighted by atomic mass is 19.1. The molecule has 3 aromatic rings. The number of aromatic nitrogens is 3. The van der Waals surface area contributed by atoms with Crippen LogP contribution < -0.4 is 4.90 Å². The van der Waals surface area contributed by atoms with E-state index in [9.17, 15) is 20.0 Å². The van der Waals surface area contributed by atoms with E-state index in [4.69, 9.17) is 9.84 Å². The van der Waals surface area contributed by atoms with E-state index in [-0.39, 0.29) is 46.2 Å². The average molecular weight is 547 g/mol. The lowest BCUT2D eigenvalue weighted by Crippen LogP contribution is -2.49. The van der Waals surface area contributed by atoms with Gasteiger partial charge in [-0.3, -0.25) is 4.79 Å². The van der Waals surface area contributed by atoms with E-state index in [1.807, 2.05) is 11.0 Å². The highest BCUT2D eigenvalue weighted by Gasteiger charge is 2.39. The molecule has 5 rings (SSSR count). The van der Waals surface area contributed by atoms with Crippen LogP contribution in [0.2, 0.25) is 0 Å². The lowest BCUT2D eigenvalue weighted by molar-refractivity contribution is 0.0244. The summed E-state index contributed by atoms with van der Waals surface area (Å²) in [6, 6.07) is 9.43. The van der Waals surface area contributed by atoms with Gasteiger partial charge >= 0.3 is 6.09 Å². The summed E-state index contributed by atoms with van der Waals surface area (Å²) in [5.41, 5.74) is -0.843. The van der Waals surface area contributed by atoms with Crippen molar-refractivity contribution >= 4 is 17.8 Å². The predicted octanol–water partition coefficient (Wildman–Crippen LogP) is 4.43. The monoisotopic (exact) mass is 546 g/mol. The van der Waals surface area contributed by atoms with Crippen molar-refractivity contribution in [3.8, 4) is 23.0 Å². The van der Waals surface area contributed by atoms with Gasteiger partial charge in [0.15, 0.2) is 5.82 Å². The molecule has 1 saturated heterocycles. The van der Waals surface area contributed by atoms with Crippen LogP contribution in [0.25, 0.3) is 16.9 Å². The molecule has 1 fully saturated rings. The van der Waals surface area contributed by atoms with Crippen LogP contribution in [0.15, 0.2) is 36.5 Å². The van der Waals surface area contributed by atoms with Crippen molar-refractivity contribution in [2.24, 2.45) is 5.92 Å². The van der Waals surface area contributed by atoms with Gasteiger partial charge in [0.1, 0.15) is 11.4 Å². The summed E-state index contributed by atoms with van der Waals surface area (Å²) in [5.74, 6) is -0.424. The summed E-state index contributed by atoms with van der Waals surface area (Å²) < 4.78 is 22.0. The number of fused-ring (bicyclic) bond motifs is 1. The molecule has 2 amide bonds. The second-order valence-corrected chi connectivity index (χ2v) is 11.8. The molecular formula is C29H31FN6O4. The van der Waals surface area contributed by atoms with Crippen molar-refractivity contribution in [1.29, 1.82) is 5.26 Å². The first kappa shape index (κ1) is 27.3. The molecular weight excluding hydrogens is 515 g/mol. The molecule has 208 valence electrons. The summed E-state index contributed by atoms with van der Waals surface area (Å²) >= 11 is 0. The SMILES string of the molecule is CC1CN(c2ccn(-c3cc(-c4c(F)cccc4C#N)nc4c3C(=O)N(C(=O)OC(C)(C)C)C4)n2)C[C@@](C)(O)C1. The van der Waals surface area contributed by atoms with E-state index >= 15 is 4.39 Å². The number of rotatable bonds is 3. The molecule has 2 atom stereocenters. The number of halogens is 1. The number of ether oxygens (including phenoxy) is 1. The van der Waals surface area contributed by atoms with Gasteiger partial charge in [-0.2, -0.15) is 10.4 Å². The highest BCUT2D eigenvalue weighted by molar-refractivity contribution is 6.08. The molecule has 0 aliphatic carbocycles. The van der Waals surface area contributed by atoms with Crippen molar-refractivity contribution < 1.29 is 23.8 Å². The number of benzene rings is 1. The Kier molecular flexibility index (Phi) is 6.62. The Hall–Kier alpha value is -4.30. The summed E-state index contributed by atoms with van der Waals surface area (Å²) in [5, 5.41) is 25.1. The van der Waals surface area contributed by atoms with Gasteiger partial charge in [0.25, 0.3) is 5.91 Å². The number of hydrogen-bond acceptors (Lipinski definition) is 8. The van der Waals surface area contributed by atoms with Crippen LogP contribution >= 0.6 is 0 Å². The minimum absolute atomic E-state index is 0.00880. The lowest BCUT2D eigenvalue weighted by Gasteiger charge is -2.40. The zero-order valence-electron chi connectivity index (χ0n) is 23.1. The van der Waals surface area contributed by atoms with Crippen molar-refractivity contribution in [1.82, 2.24) is 19.7 Å². The Morgan fingerprint density at radius 1 is 1.27 bits per heavy atom. The highest BCUT2D eigenvalue weighted by Crippen LogP contribution is 2.35. The fourth-order valence-electron chi connectivity index (χ4n) is 5.46. The van der Waals surface area contributed by atoms with Gasteiger partial charge in [-0.05, 0) is 58.2 Å². The molecule has 0 saturated carbocycles. The van der Waals surface area contributed by atoms with Gasteiger partial charge in [0.05, 0.1) is 52.0 Å². The van der Waals surface area contributed by atoms with Gasteiger partial charge in [-0.25, -0.2) is 23.8 Å². The maximum atomic E-state index is 15.0. The van der Waals surface area contributed by atoms with Crippen LogP contribution in [0.3, 0.4) is 0 Å². The molecule has 1 unspecified atom stereocenters. The number of nitrogens with zero attached hydrogens (tertiary/aromatic N) is 6. The normalized spacial score (nSPS) is 20.9. The number of carbonyl (C=O) groups is 2. The molecule has 10 nitrogen and oxygen atoms in total. The first-order valence-electron chi connectivity index (χ1n) is 13.1. The van der Waals surface area contributed by atoms with Crippen molar-refractivity contribution in [2.45, 2.75) is 58.8 Å². The van der Waals surface area contributed by atoms with Crippen molar-refractivity contribution in [3.63, 3.8) is 0 Å². The van der Waals surface area contributed by atoms with Gasteiger partial charge < -0.3 is 14.7 Å². The van der Waals surface area contributed by atoms with Crippen LogP contribution in [0.4, 0.5) is 15.0 Å². The molecule has 11 heteroatoms. The number of aliphatic hydroxyl groups is 1. The Morgan fingerprint density at radius 2 is 2.02 bits per heavy atom. The number of carbonyl (C=O) groups excluding carboxylic acids is 2. The molecule has 1 N–H and O–H groups in total. The Bertz CT molecular complexity index is 1550. The smallest absolute Gasteiger partial charge is 0.417 e. The van der Waals surface area contributed by atoms with Crippen LogP contribution in [0.5, 0.6) is 0 Å². The van der Waals surface area contributed by atoms with Crippen LogP contribution in [0.1, 0.15) is 62.7 Å². The summed E-state index contributed by atoms with van der Waals surface area (Å²) in [6.07, 6.45) is 1.51. The van der Waals surface area contributed by atoms with Crippen molar-refractivity contribution in [3.05, 3.63) is 59.2 Å². The van der Waals surface area contributed by atoms with Gasteiger partial charge in [-0.15, -0.1) is 0 Å². The Balaban J connectivity index is 1.63. The number of pyridine rings is 1. The summed E-state index contributed by atoms with van der Waals surface area (Å²) in [6.45, 7) is 9.86. The van der Waals surface area contributed by atoms with E-state index in [2.05, 4.69) is 11.9 Å². The van der Waals surface area contributed by atoms with Gasteiger partial charge in [-0.1, -0.05) is 13.0 Å². The first-order valence-corrected chi connectivity index (χ1v) is 13.1. The molecule has 1 aromatic carbocycles. The molecule has 40 heavy (non-hydrogen) atoms. The Labute approximate surface area is 231 Å². The zero-order chi connectivity index (χ0) is 29.0. The molecule has 4 heterocycles. The van der Waals surface area contributed by atoms with E-state index in [0.29, 0.717) is 25.3 Å². The largest absolute Gasteiger partial charge is 0.443 e. The third-order valence-corrected chi connectivity index (χ3v) is 6.84. The third-order valence-electron chi connectivity index (χ3n) is 6.84. The second-order valence-electron chi connectivity index (χ2n) is 11.8. The van der Waals surface area contributed by atoms with E-state index in [0.717, 1.165) is 4.90 Å². The number of amides is 2. The quantitative estimate of drug-likeness (QED) is 0.512. The number of anilines is 1. The molecule has 0 radical (unpaired) electrons. The van der Waals surface area contributed by atoms with E-state index in [1.165, 1.54) is 28.9 Å². The number of imide groups is 1. The van der Waals surface area contributed by atoms with Crippen LogP contribution in [-0.4, -0.2) is 61.1 Å². The van der Waals surface area contributed by atoms with Crippen LogP contribution in [-0.2, 0) is 11.3 Å². The fraction of sp³-hybridized carbons (Fsp3) is 0.414. The number of piperidine rings is 1. The number of hydrogen-bond donors (Lipinski definition) is 1. The fourth-order valence-corrected chi connectivity index (χ4v) is 5.46. The summed E-state index contributed by atoms with van der Waals surface area (Å²) in [4.78, 5) is 33.9. The second kappa shape index (κ2) is 9.71. The van der Waals surface area contributed by atoms with Gasteiger partial charge in [0, 0.05) is 25.4 Å². The minimum atomic E-state index is -0.880. The number of nitriles is 1. The predicted molar refractivity (Wildman–Crippen MR) is 144 cm³/mol. The molecule has 0 spiro atoms. The average Bonchev–Trinajstić information content (AvgIpc) is 3.46. The Morgan fingerprint density at radius 3 is 2.70 bits per heavy atom. The van der Waals surface area contributed by atoms with Crippen molar-refractivity contribution in [2.75, 3.05) is 18.0 Å². The van der Waals surface area contributed by atoms with Crippen LogP contribution in [0, 0.1) is 23.1 Å². The minimum Gasteiger partial charge on any atom is -0.443 e. The topological polar surface area (TPSA) is 125 Å². The molecule has 0 bridgehead atoms. The van der Waals surface area contributed by atoms with E-state index < -0.39 is 29.0 Å².